The van der Waals surface area contributed by atoms with Crippen LogP contribution >= 0.6 is 11.8 Å². The second-order valence-corrected chi connectivity index (χ2v) is 10.7. The zero-order chi connectivity index (χ0) is 26.3. The number of fused-ring (bicyclic) bond motifs is 4. The van der Waals surface area contributed by atoms with Crippen LogP contribution in [0.5, 0.6) is 0 Å². The molecular weight excluding hydrogens is 506 g/mol. The van der Waals surface area contributed by atoms with Gasteiger partial charge in [0.1, 0.15) is 12.6 Å². The van der Waals surface area contributed by atoms with Crippen LogP contribution in [0.4, 0.5) is 4.79 Å². The normalized spacial score (nSPS) is 33.2. The lowest BCUT2D eigenvalue weighted by Gasteiger charge is -2.41. The van der Waals surface area contributed by atoms with Crippen LogP contribution in [0.2, 0.25) is 0 Å². The third-order valence-corrected chi connectivity index (χ3v) is 9.20. The van der Waals surface area contributed by atoms with Crippen molar-refractivity contribution in [1.82, 2.24) is 19.4 Å². The topological polar surface area (TPSA) is 155 Å². The molecule has 13 nitrogen and oxygen atoms in total. The van der Waals surface area contributed by atoms with Crippen LogP contribution in [0, 0.1) is 11.8 Å². The molecule has 14 heteroatoms. The number of thioether (sulfide) groups is 1. The number of aromatic nitrogens is 2. The number of allylic oxidation sites excluding steroid dienone is 1. The molecule has 5 heterocycles. The average Bonchev–Trinajstić information content (AvgIpc) is 3.25. The Morgan fingerprint density at radius 3 is 2.59 bits per heavy atom. The van der Waals surface area contributed by atoms with Crippen LogP contribution in [-0.4, -0.2) is 106 Å². The van der Waals surface area contributed by atoms with Gasteiger partial charge >= 0.3 is 6.09 Å². The van der Waals surface area contributed by atoms with Crippen molar-refractivity contribution in [3.05, 3.63) is 23.7 Å². The van der Waals surface area contributed by atoms with Gasteiger partial charge in [-0.05, 0) is 0 Å². The first-order chi connectivity index (χ1) is 17.7. The molecule has 5 aliphatic rings. The number of carbonyl (C=O) groups excluding carboxylic acids is 4. The number of piperazine rings is 1. The lowest BCUT2D eigenvalue weighted by atomic mass is 9.76. The summed E-state index contributed by atoms with van der Waals surface area (Å²) in [6.07, 6.45) is 2.42. The molecule has 198 valence electrons. The molecule has 4 aliphatic heterocycles. The van der Waals surface area contributed by atoms with E-state index in [9.17, 15) is 19.2 Å². The first-order valence-electron chi connectivity index (χ1n) is 11.9. The molecule has 3 fully saturated rings. The summed E-state index contributed by atoms with van der Waals surface area (Å²) in [6, 6.07) is -0.620. The second kappa shape index (κ2) is 8.28. The van der Waals surface area contributed by atoms with E-state index in [1.54, 1.807) is 22.2 Å². The largest absolute Gasteiger partial charge is 0.449 e. The second-order valence-electron chi connectivity index (χ2n) is 9.69. The average molecular weight is 534 g/mol. The monoisotopic (exact) mass is 533 g/mol. The van der Waals surface area contributed by atoms with Crippen molar-refractivity contribution >= 4 is 35.3 Å². The van der Waals surface area contributed by atoms with Gasteiger partial charge in [0, 0.05) is 51.3 Å². The molecule has 5 atom stereocenters. The van der Waals surface area contributed by atoms with Crippen molar-refractivity contribution in [1.29, 1.82) is 0 Å². The van der Waals surface area contributed by atoms with E-state index >= 15 is 0 Å². The van der Waals surface area contributed by atoms with Crippen LogP contribution < -0.4 is 5.73 Å². The Balaban J connectivity index is 1.44. The van der Waals surface area contributed by atoms with Crippen molar-refractivity contribution in [3.8, 4) is 0 Å². The van der Waals surface area contributed by atoms with Crippen molar-refractivity contribution < 1.29 is 38.1 Å². The third-order valence-electron chi connectivity index (χ3n) is 8.04. The van der Waals surface area contributed by atoms with Crippen molar-refractivity contribution in [2.75, 3.05) is 39.2 Å². The van der Waals surface area contributed by atoms with Gasteiger partial charge < -0.3 is 39.0 Å². The highest BCUT2D eigenvalue weighted by Gasteiger charge is 2.79. The molecule has 0 aromatic carbocycles. The number of amides is 2. The molecule has 6 rings (SSSR count). The fourth-order valence-corrected chi connectivity index (χ4v) is 7.68. The maximum atomic E-state index is 14.3. The van der Waals surface area contributed by atoms with E-state index in [1.165, 1.54) is 25.8 Å². The van der Waals surface area contributed by atoms with E-state index in [1.807, 2.05) is 11.6 Å². The predicted molar refractivity (Wildman–Crippen MR) is 125 cm³/mol. The van der Waals surface area contributed by atoms with E-state index in [4.69, 9.17) is 24.7 Å². The van der Waals surface area contributed by atoms with Gasteiger partial charge in [-0.15, -0.1) is 0 Å². The van der Waals surface area contributed by atoms with Crippen LogP contribution in [0.15, 0.2) is 28.8 Å². The standard InChI is InChI=1S/C23H27N5O8S/c1-11(29)28-14-8-27-16-15(12(9-34-20(24)32)22(27,33-3)18(14)28)19(31)23(35-6-7-36-23)13(17(16)30)10-37-21-25-4-5-26(21)2/h4-5,12-14,18H,6-10H2,1-3H3,(H2,24,32)/t12-,13?,14+,18+,22-,28?/m1/s1. The summed E-state index contributed by atoms with van der Waals surface area (Å²) >= 11 is 1.33. The van der Waals surface area contributed by atoms with Gasteiger partial charge in [-0.25, -0.2) is 9.78 Å². The zero-order valence-corrected chi connectivity index (χ0v) is 21.4. The number of rotatable bonds is 6. The third kappa shape index (κ3) is 3.12. The fourth-order valence-electron chi connectivity index (χ4n) is 6.59. The number of aryl methyl sites for hydroxylation is 1. The first-order valence-corrected chi connectivity index (χ1v) is 12.9. The van der Waals surface area contributed by atoms with Crippen molar-refractivity contribution in [2.24, 2.45) is 24.6 Å². The number of primary amides is 1. The molecule has 1 unspecified atom stereocenters. The summed E-state index contributed by atoms with van der Waals surface area (Å²) < 4.78 is 24.9. The molecule has 2 N–H and O–H groups in total. The number of methoxy groups -OCH3 is 1. The number of nitrogens with two attached hydrogens (primary N) is 1. The van der Waals surface area contributed by atoms with E-state index < -0.39 is 41.3 Å². The highest BCUT2D eigenvalue weighted by molar-refractivity contribution is 7.99. The molecular formula is C23H27N5O8S. The highest BCUT2D eigenvalue weighted by Crippen LogP contribution is 2.61. The van der Waals surface area contributed by atoms with Gasteiger partial charge in [-0.2, -0.15) is 0 Å². The fraction of sp³-hybridized carbons (Fsp3) is 0.609. The molecule has 1 spiro atoms. The summed E-state index contributed by atoms with van der Waals surface area (Å²) in [5.74, 6) is -4.42. The van der Waals surface area contributed by atoms with Crippen LogP contribution in [0.3, 0.4) is 0 Å². The number of nitrogens with zero attached hydrogens (tertiary/aromatic N) is 4. The van der Waals surface area contributed by atoms with Gasteiger partial charge in [0.05, 0.1) is 36.8 Å². The molecule has 37 heavy (non-hydrogen) atoms. The Kier molecular flexibility index (Phi) is 5.46. The number of hydrogen-bond acceptors (Lipinski definition) is 11. The smallest absolute Gasteiger partial charge is 0.404 e. The lowest BCUT2D eigenvalue weighted by molar-refractivity contribution is -0.197. The number of ether oxygens (including phenoxy) is 4. The molecule has 1 aromatic heterocycles. The summed E-state index contributed by atoms with van der Waals surface area (Å²) in [7, 11) is 3.30. The van der Waals surface area contributed by atoms with Crippen LogP contribution in [0.1, 0.15) is 6.92 Å². The van der Waals surface area contributed by atoms with Crippen molar-refractivity contribution in [3.63, 3.8) is 0 Å². The quantitative estimate of drug-likeness (QED) is 0.363. The van der Waals surface area contributed by atoms with Gasteiger partial charge in [0.2, 0.25) is 17.5 Å². The predicted octanol–water partition coefficient (Wildman–Crippen LogP) is -0.740. The van der Waals surface area contributed by atoms with Crippen molar-refractivity contribution in [2.45, 2.75) is 35.7 Å². The number of Topliss-reactive ketones (excluding diaryl/α,β-unsaturated/α-hetero) is 2. The SMILES string of the molecule is CO[C@@]12[C@H](COC(N)=O)C3=C(C(=O)C(CSc4nccn4C)C4(OCCO4)C3=O)N1C[C@H]1[C@@H]2N1C(C)=O. The van der Waals surface area contributed by atoms with E-state index in [0.717, 1.165) is 0 Å². The molecule has 1 aromatic rings. The Hall–Kier alpha value is -2.94. The molecule has 1 aliphatic carbocycles. The molecule has 2 amide bonds. The lowest BCUT2D eigenvalue weighted by Crippen LogP contribution is -2.56. The number of imidazole rings is 1. The van der Waals surface area contributed by atoms with E-state index in [-0.39, 0.29) is 54.6 Å². The summed E-state index contributed by atoms with van der Waals surface area (Å²) in [4.78, 5) is 60.2. The Labute approximate surface area is 216 Å². The minimum atomic E-state index is -1.81. The maximum absolute atomic E-state index is 14.3. The summed E-state index contributed by atoms with van der Waals surface area (Å²) in [5.41, 5.74) is 4.33. The van der Waals surface area contributed by atoms with Gasteiger partial charge in [0.25, 0.3) is 0 Å². The Bertz CT molecular complexity index is 1240. The summed E-state index contributed by atoms with van der Waals surface area (Å²) in [6.45, 7) is 1.75. The highest BCUT2D eigenvalue weighted by atomic mass is 32.2. The van der Waals surface area contributed by atoms with E-state index in [0.29, 0.717) is 11.7 Å². The van der Waals surface area contributed by atoms with Gasteiger partial charge in [-0.3, -0.25) is 14.4 Å². The van der Waals surface area contributed by atoms with E-state index in [2.05, 4.69) is 4.98 Å². The van der Waals surface area contributed by atoms with Gasteiger partial charge in [-0.1, -0.05) is 11.8 Å². The molecule has 0 radical (unpaired) electrons. The number of hydrogen-bond donors (Lipinski definition) is 1. The van der Waals surface area contributed by atoms with Gasteiger partial charge in [0.15, 0.2) is 16.7 Å². The molecule has 0 bridgehead atoms. The zero-order valence-electron chi connectivity index (χ0n) is 20.5. The first kappa shape index (κ1) is 24.4. The Morgan fingerprint density at radius 2 is 2.00 bits per heavy atom. The number of carbonyl (C=O) groups is 4. The minimum Gasteiger partial charge on any atom is -0.449 e. The minimum absolute atomic E-state index is 0.127. The number of ketones is 2. The summed E-state index contributed by atoms with van der Waals surface area (Å²) in [5, 5.41) is 0.679. The molecule has 0 saturated carbocycles. The van der Waals surface area contributed by atoms with Crippen LogP contribution in [-0.2, 0) is 40.4 Å². The Morgan fingerprint density at radius 1 is 1.27 bits per heavy atom. The maximum Gasteiger partial charge on any atom is 0.404 e. The van der Waals surface area contributed by atoms with Crippen LogP contribution in [0.25, 0.3) is 0 Å². The molecule has 3 saturated heterocycles.